The Morgan fingerprint density at radius 3 is 2.71 bits per heavy atom. The highest BCUT2D eigenvalue weighted by atomic mass is 16.6. The van der Waals surface area contributed by atoms with Crippen LogP contribution in [0, 0.1) is 10.1 Å². The van der Waals surface area contributed by atoms with Crippen LogP contribution >= 0.6 is 0 Å². The van der Waals surface area contributed by atoms with Gasteiger partial charge in [0.25, 0.3) is 5.69 Å². The molecule has 1 N–H and O–H groups in total. The van der Waals surface area contributed by atoms with Crippen molar-refractivity contribution < 1.29 is 10.0 Å². The fourth-order valence-electron chi connectivity index (χ4n) is 1.95. The molecule has 0 amide bonds. The van der Waals surface area contributed by atoms with E-state index in [2.05, 4.69) is 0 Å². The molecule has 0 fully saturated rings. The van der Waals surface area contributed by atoms with Gasteiger partial charge in [-0.15, -0.1) is 0 Å². The molecule has 1 aliphatic rings. The normalized spacial score (nSPS) is 24.7. The average molecular weight is 193 g/mol. The molecule has 1 aliphatic carbocycles. The number of nitro groups is 1. The highest BCUT2D eigenvalue weighted by Crippen LogP contribution is 2.31. The van der Waals surface area contributed by atoms with E-state index >= 15 is 0 Å². The van der Waals surface area contributed by atoms with Crippen molar-refractivity contribution in [2.45, 2.75) is 25.4 Å². The van der Waals surface area contributed by atoms with Gasteiger partial charge in [-0.3, -0.25) is 10.1 Å². The van der Waals surface area contributed by atoms with E-state index in [1.807, 2.05) is 0 Å². The van der Waals surface area contributed by atoms with Crippen LogP contribution in [0.15, 0.2) is 18.2 Å². The van der Waals surface area contributed by atoms with Gasteiger partial charge in [0.1, 0.15) is 0 Å². The lowest BCUT2D eigenvalue weighted by molar-refractivity contribution is -0.384. The molecule has 1 aromatic rings. The maximum atomic E-state index is 10.5. The van der Waals surface area contributed by atoms with E-state index < -0.39 is 10.5 Å². The number of hydrogen-bond acceptors (Lipinski definition) is 3. The lowest BCUT2D eigenvalue weighted by atomic mass is 10.0. The minimum atomic E-state index is -0.739. The molecule has 14 heavy (non-hydrogen) atoms. The average Bonchev–Trinajstić information content (AvgIpc) is 2.36. The second kappa shape index (κ2) is 2.78. The number of benzene rings is 1. The quantitative estimate of drug-likeness (QED) is 0.542. The lowest BCUT2D eigenvalue weighted by Crippen LogP contribution is -2.23. The van der Waals surface area contributed by atoms with Crippen LogP contribution in [0.3, 0.4) is 0 Å². The number of hydrogen-bond donors (Lipinski definition) is 1. The van der Waals surface area contributed by atoms with Gasteiger partial charge in [-0.25, -0.2) is 0 Å². The molecule has 0 bridgehead atoms. The third-order valence-corrected chi connectivity index (χ3v) is 2.54. The Hall–Kier alpha value is -1.42. The van der Waals surface area contributed by atoms with Crippen LogP contribution in [0.1, 0.15) is 18.1 Å². The smallest absolute Gasteiger partial charge is 0.269 e. The van der Waals surface area contributed by atoms with Crippen molar-refractivity contribution in [3.63, 3.8) is 0 Å². The first kappa shape index (κ1) is 9.15. The largest absolute Gasteiger partial charge is 0.389 e. The zero-order chi connectivity index (χ0) is 10.3. The Kier molecular flexibility index (Phi) is 1.82. The summed E-state index contributed by atoms with van der Waals surface area (Å²) in [5, 5.41) is 20.3. The summed E-state index contributed by atoms with van der Waals surface area (Å²) in [7, 11) is 0. The van der Waals surface area contributed by atoms with Gasteiger partial charge in [0.2, 0.25) is 0 Å². The van der Waals surface area contributed by atoms with Crippen molar-refractivity contribution in [2.24, 2.45) is 0 Å². The first-order chi connectivity index (χ1) is 6.48. The van der Waals surface area contributed by atoms with Crippen molar-refractivity contribution in [1.82, 2.24) is 0 Å². The van der Waals surface area contributed by atoms with Crippen molar-refractivity contribution >= 4 is 5.69 Å². The van der Waals surface area contributed by atoms with Crippen molar-refractivity contribution in [1.29, 1.82) is 0 Å². The van der Waals surface area contributed by atoms with Gasteiger partial charge in [0.15, 0.2) is 0 Å². The molecule has 0 saturated carbocycles. The zero-order valence-corrected chi connectivity index (χ0v) is 7.86. The molecule has 4 nitrogen and oxygen atoms in total. The fourth-order valence-corrected chi connectivity index (χ4v) is 1.95. The van der Waals surface area contributed by atoms with Gasteiger partial charge < -0.3 is 5.11 Å². The Morgan fingerprint density at radius 2 is 2.07 bits per heavy atom. The molecule has 2 rings (SSSR count). The molecular formula is C10H11NO3. The predicted octanol–water partition coefficient (Wildman–Crippen LogP) is 1.44. The first-order valence-corrected chi connectivity index (χ1v) is 4.46. The van der Waals surface area contributed by atoms with Gasteiger partial charge in [-0.1, -0.05) is 6.07 Å². The number of fused-ring (bicyclic) bond motifs is 1. The maximum absolute atomic E-state index is 10.5. The molecule has 1 aromatic carbocycles. The van der Waals surface area contributed by atoms with Gasteiger partial charge >= 0.3 is 0 Å². The number of aliphatic hydroxyl groups is 1. The van der Waals surface area contributed by atoms with E-state index in [1.54, 1.807) is 19.1 Å². The molecule has 0 aromatic heterocycles. The van der Waals surface area contributed by atoms with Crippen LogP contribution in [-0.2, 0) is 12.8 Å². The van der Waals surface area contributed by atoms with Crippen molar-refractivity contribution in [2.75, 3.05) is 0 Å². The van der Waals surface area contributed by atoms with Crippen LogP contribution in [0.4, 0.5) is 5.69 Å². The van der Waals surface area contributed by atoms with E-state index in [1.165, 1.54) is 6.07 Å². The monoisotopic (exact) mass is 193 g/mol. The molecule has 0 radical (unpaired) electrons. The highest BCUT2D eigenvalue weighted by Gasteiger charge is 2.31. The summed E-state index contributed by atoms with van der Waals surface area (Å²) in [5.41, 5.74) is 1.27. The Labute approximate surface area is 81.3 Å². The van der Waals surface area contributed by atoms with Crippen LogP contribution in [0.5, 0.6) is 0 Å². The van der Waals surface area contributed by atoms with E-state index in [0.29, 0.717) is 12.8 Å². The molecule has 0 spiro atoms. The second-order valence-corrected chi connectivity index (χ2v) is 4.06. The molecule has 1 atom stereocenters. The summed E-state index contributed by atoms with van der Waals surface area (Å²) in [6.45, 7) is 1.75. The summed E-state index contributed by atoms with van der Waals surface area (Å²) in [5.74, 6) is 0. The molecular weight excluding hydrogens is 182 g/mol. The SMILES string of the molecule is CC1(O)Cc2ccc([N+](=O)[O-])cc2C1. The van der Waals surface area contributed by atoms with Gasteiger partial charge in [0.05, 0.1) is 10.5 Å². The molecule has 1 unspecified atom stereocenters. The third kappa shape index (κ3) is 1.48. The van der Waals surface area contributed by atoms with Crippen LogP contribution in [0.2, 0.25) is 0 Å². The van der Waals surface area contributed by atoms with Crippen LogP contribution < -0.4 is 0 Å². The van der Waals surface area contributed by atoms with Crippen LogP contribution in [-0.4, -0.2) is 15.6 Å². The Morgan fingerprint density at radius 1 is 1.43 bits per heavy atom. The fraction of sp³-hybridized carbons (Fsp3) is 0.400. The summed E-state index contributed by atoms with van der Waals surface area (Å²) in [6, 6.07) is 4.77. The van der Waals surface area contributed by atoms with Gasteiger partial charge in [-0.05, 0) is 18.1 Å². The number of non-ortho nitro benzene ring substituents is 1. The topological polar surface area (TPSA) is 63.4 Å². The number of rotatable bonds is 1. The number of nitro benzene ring substituents is 1. The van der Waals surface area contributed by atoms with Crippen molar-refractivity contribution in [3.8, 4) is 0 Å². The van der Waals surface area contributed by atoms with Gasteiger partial charge in [-0.2, -0.15) is 0 Å². The third-order valence-electron chi connectivity index (χ3n) is 2.54. The minimum absolute atomic E-state index is 0.0986. The molecule has 0 saturated heterocycles. The standard InChI is InChI=1S/C10H11NO3/c1-10(12)5-7-2-3-9(11(13)14)4-8(7)6-10/h2-4,12H,5-6H2,1H3. The first-order valence-electron chi connectivity index (χ1n) is 4.46. The number of nitrogens with zero attached hydrogens (tertiary/aromatic N) is 1. The summed E-state index contributed by atoms with van der Waals surface area (Å²) >= 11 is 0. The lowest BCUT2D eigenvalue weighted by Gasteiger charge is -2.13. The Balaban J connectivity index is 2.40. The molecule has 0 aliphatic heterocycles. The Bertz CT molecular complexity index is 398. The second-order valence-electron chi connectivity index (χ2n) is 4.06. The predicted molar refractivity (Wildman–Crippen MR) is 51.1 cm³/mol. The minimum Gasteiger partial charge on any atom is -0.389 e. The van der Waals surface area contributed by atoms with E-state index in [9.17, 15) is 15.2 Å². The van der Waals surface area contributed by atoms with E-state index in [4.69, 9.17) is 0 Å². The maximum Gasteiger partial charge on any atom is 0.269 e. The van der Waals surface area contributed by atoms with Gasteiger partial charge in [0, 0.05) is 25.0 Å². The summed E-state index contributed by atoms with van der Waals surface area (Å²) in [4.78, 5) is 10.1. The molecule has 0 heterocycles. The van der Waals surface area contributed by atoms with Crippen molar-refractivity contribution in [3.05, 3.63) is 39.4 Å². The van der Waals surface area contributed by atoms with E-state index in [-0.39, 0.29) is 5.69 Å². The molecule has 74 valence electrons. The van der Waals surface area contributed by atoms with E-state index in [0.717, 1.165) is 11.1 Å². The molecule has 4 heteroatoms. The van der Waals surface area contributed by atoms with Crippen LogP contribution in [0.25, 0.3) is 0 Å². The summed E-state index contributed by atoms with van der Waals surface area (Å²) in [6.07, 6.45) is 1.09. The zero-order valence-electron chi connectivity index (χ0n) is 7.86. The highest BCUT2D eigenvalue weighted by molar-refractivity contribution is 5.44. The summed E-state index contributed by atoms with van der Waals surface area (Å²) < 4.78 is 0.